The molecule has 1 aliphatic carbocycles. The summed E-state index contributed by atoms with van der Waals surface area (Å²) < 4.78 is 4.71. The molecule has 1 aromatic carbocycles. The van der Waals surface area contributed by atoms with E-state index in [1.165, 1.54) is 25.6 Å². The fourth-order valence-electron chi connectivity index (χ4n) is 3.73. The number of nitrogens with zero attached hydrogens (tertiary/aromatic N) is 1. The van der Waals surface area contributed by atoms with Crippen LogP contribution < -0.4 is 10.2 Å². The average molecular weight is 274 g/mol. The Morgan fingerprint density at radius 1 is 1.35 bits per heavy atom. The third-order valence-electron chi connectivity index (χ3n) is 4.64. The van der Waals surface area contributed by atoms with Gasteiger partial charge in [-0.25, -0.2) is 4.79 Å². The van der Waals surface area contributed by atoms with Crippen LogP contribution in [-0.2, 0) is 4.74 Å². The molecule has 2 aliphatic rings. The summed E-state index contributed by atoms with van der Waals surface area (Å²) in [5.74, 6) is 0.592. The second-order valence-electron chi connectivity index (χ2n) is 6.23. The van der Waals surface area contributed by atoms with Crippen molar-refractivity contribution in [2.75, 3.05) is 38.7 Å². The molecule has 0 bridgehead atoms. The van der Waals surface area contributed by atoms with Crippen LogP contribution in [0.15, 0.2) is 24.3 Å². The number of carbonyl (C=O) groups excluding carboxylic acids is 1. The Morgan fingerprint density at radius 2 is 2.00 bits per heavy atom. The molecule has 1 heterocycles. The highest BCUT2D eigenvalue weighted by molar-refractivity contribution is 5.89. The zero-order valence-corrected chi connectivity index (χ0v) is 12.2. The number of hydrogen-bond donors (Lipinski definition) is 1. The number of methoxy groups -OCH3 is 1. The van der Waals surface area contributed by atoms with E-state index in [1.54, 1.807) is 0 Å². The molecule has 1 saturated heterocycles. The minimum atomic E-state index is -0.273. The van der Waals surface area contributed by atoms with Crippen molar-refractivity contribution in [2.24, 2.45) is 11.3 Å². The van der Waals surface area contributed by atoms with Gasteiger partial charge in [0.1, 0.15) is 0 Å². The van der Waals surface area contributed by atoms with Crippen molar-refractivity contribution in [1.29, 1.82) is 0 Å². The van der Waals surface area contributed by atoms with E-state index in [2.05, 4.69) is 10.2 Å². The van der Waals surface area contributed by atoms with E-state index < -0.39 is 0 Å². The van der Waals surface area contributed by atoms with Crippen LogP contribution in [0.5, 0.6) is 0 Å². The standard InChI is InChI=1S/C16H22N2O2/c1-17-9-12-7-16(8-12)10-18(11-16)14-5-3-13(4-6-14)15(19)20-2/h3-6,12,17H,7-11H2,1-2H3. The van der Waals surface area contributed by atoms with Gasteiger partial charge in [-0.3, -0.25) is 0 Å². The fraction of sp³-hybridized carbons (Fsp3) is 0.562. The van der Waals surface area contributed by atoms with Crippen LogP contribution in [0.25, 0.3) is 0 Å². The number of rotatable bonds is 4. The smallest absolute Gasteiger partial charge is 0.337 e. The first kappa shape index (κ1) is 13.4. The van der Waals surface area contributed by atoms with Gasteiger partial charge in [0.15, 0.2) is 0 Å². The Hall–Kier alpha value is -1.55. The van der Waals surface area contributed by atoms with Crippen molar-refractivity contribution in [1.82, 2.24) is 5.32 Å². The van der Waals surface area contributed by atoms with Crippen molar-refractivity contribution in [2.45, 2.75) is 12.8 Å². The second kappa shape index (κ2) is 5.09. The first-order valence-corrected chi connectivity index (χ1v) is 7.24. The van der Waals surface area contributed by atoms with Crippen LogP contribution in [0.3, 0.4) is 0 Å². The summed E-state index contributed by atoms with van der Waals surface area (Å²) in [6.45, 7) is 3.46. The molecule has 1 aromatic rings. The van der Waals surface area contributed by atoms with Gasteiger partial charge in [-0.1, -0.05) is 0 Å². The zero-order valence-electron chi connectivity index (χ0n) is 12.2. The minimum absolute atomic E-state index is 0.273. The number of hydrogen-bond acceptors (Lipinski definition) is 4. The van der Waals surface area contributed by atoms with Crippen LogP contribution in [-0.4, -0.2) is 39.8 Å². The molecular weight excluding hydrogens is 252 g/mol. The molecule has 0 radical (unpaired) electrons. The van der Waals surface area contributed by atoms with E-state index in [-0.39, 0.29) is 5.97 Å². The number of carbonyl (C=O) groups is 1. The molecule has 2 fully saturated rings. The summed E-state index contributed by atoms with van der Waals surface area (Å²) in [4.78, 5) is 13.8. The number of anilines is 1. The molecule has 4 nitrogen and oxygen atoms in total. The lowest BCUT2D eigenvalue weighted by molar-refractivity contribution is 0.0250. The third kappa shape index (κ3) is 2.29. The Labute approximate surface area is 120 Å². The van der Waals surface area contributed by atoms with Crippen molar-refractivity contribution in [3.05, 3.63) is 29.8 Å². The Bertz CT molecular complexity index is 484. The van der Waals surface area contributed by atoms with E-state index in [9.17, 15) is 4.79 Å². The van der Waals surface area contributed by atoms with Gasteiger partial charge in [0.05, 0.1) is 12.7 Å². The van der Waals surface area contributed by atoms with Gasteiger partial charge in [0, 0.05) is 24.2 Å². The van der Waals surface area contributed by atoms with Gasteiger partial charge in [-0.05, 0) is 56.6 Å². The SMILES string of the molecule is CNCC1CC2(C1)CN(c1ccc(C(=O)OC)cc1)C2. The molecule has 1 N–H and O–H groups in total. The zero-order chi connectivity index (χ0) is 14.2. The topological polar surface area (TPSA) is 41.6 Å². The van der Waals surface area contributed by atoms with E-state index in [0.29, 0.717) is 11.0 Å². The maximum Gasteiger partial charge on any atom is 0.337 e. The predicted octanol–water partition coefficient (Wildman–Crippen LogP) is 1.91. The van der Waals surface area contributed by atoms with Crippen LogP contribution in [0.1, 0.15) is 23.2 Å². The van der Waals surface area contributed by atoms with Crippen molar-refractivity contribution in [3.8, 4) is 0 Å². The summed E-state index contributed by atoms with van der Waals surface area (Å²) >= 11 is 0. The first-order chi connectivity index (χ1) is 9.65. The van der Waals surface area contributed by atoms with Gasteiger partial charge in [0.2, 0.25) is 0 Å². The van der Waals surface area contributed by atoms with Gasteiger partial charge >= 0.3 is 5.97 Å². The van der Waals surface area contributed by atoms with Gasteiger partial charge in [-0.15, -0.1) is 0 Å². The lowest BCUT2D eigenvalue weighted by Gasteiger charge is -2.60. The molecular formula is C16H22N2O2. The lowest BCUT2D eigenvalue weighted by atomic mass is 9.57. The third-order valence-corrected chi connectivity index (χ3v) is 4.64. The van der Waals surface area contributed by atoms with Crippen LogP contribution in [0.4, 0.5) is 5.69 Å². The molecule has 3 rings (SSSR count). The maximum atomic E-state index is 11.4. The highest BCUT2D eigenvalue weighted by atomic mass is 16.5. The summed E-state index contributed by atoms with van der Waals surface area (Å²) in [5.41, 5.74) is 2.40. The molecule has 1 saturated carbocycles. The predicted molar refractivity (Wildman–Crippen MR) is 79.1 cm³/mol. The molecule has 0 aromatic heterocycles. The molecule has 108 valence electrons. The number of nitrogens with one attached hydrogen (secondary N) is 1. The van der Waals surface area contributed by atoms with E-state index in [1.807, 2.05) is 31.3 Å². The largest absolute Gasteiger partial charge is 0.465 e. The summed E-state index contributed by atoms with van der Waals surface area (Å²) in [5, 5.41) is 3.26. The molecule has 1 aliphatic heterocycles. The molecule has 0 atom stereocenters. The highest BCUT2D eigenvalue weighted by Crippen LogP contribution is 2.52. The van der Waals surface area contributed by atoms with Crippen molar-refractivity contribution in [3.63, 3.8) is 0 Å². The van der Waals surface area contributed by atoms with Crippen molar-refractivity contribution >= 4 is 11.7 Å². The first-order valence-electron chi connectivity index (χ1n) is 7.24. The fourth-order valence-corrected chi connectivity index (χ4v) is 3.73. The normalized spacial score (nSPS) is 20.4. The van der Waals surface area contributed by atoms with Gasteiger partial charge in [0.25, 0.3) is 0 Å². The Balaban J connectivity index is 1.54. The minimum Gasteiger partial charge on any atom is -0.465 e. The summed E-state index contributed by atoms with van der Waals surface area (Å²) in [6, 6.07) is 7.72. The molecule has 0 unspecified atom stereocenters. The van der Waals surface area contributed by atoms with Crippen LogP contribution in [0.2, 0.25) is 0 Å². The summed E-state index contributed by atoms with van der Waals surface area (Å²) in [6.07, 6.45) is 2.70. The second-order valence-corrected chi connectivity index (χ2v) is 6.23. The Kier molecular flexibility index (Phi) is 3.42. The van der Waals surface area contributed by atoms with E-state index in [0.717, 1.165) is 25.6 Å². The lowest BCUT2D eigenvalue weighted by Crippen LogP contribution is -2.63. The quantitative estimate of drug-likeness (QED) is 0.852. The molecule has 4 heteroatoms. The molecule has 20 heavy (non-hydrogen) atoms. The molecule has 1 spiro atoms. The summed E-state index contributed by atoms with van der Waals surface area (Å²) in [7, 11) is 3.44. The van der Waals surface area contributed by atoms with Gasteiger partial charge < -0.3 is 15.0 Å². The van der Waals surface area contributed by atoms with Gasteiger partial charge in [-0.2, -0.15) is 0 Å². The van der Waals surface area contributed by atoms with E-state index >= 15 is 0 Å². The number of esters is 1. The van der Waals surface area contributed by atoms with E-state index in [4.69, 9.17) is 4.74 Å². The number of benzene rings is 1. The molecule has 0 amide bonds. The Morgan fingerprint density at radius 3 is 2.55 bits per heavy atom. The highest BCUT2D eigenvalue weighted by Gasteiger charge is 2.51. The van der Waals surface area contributed by atoms with Crippen LogP contribution in [0, 0.1) is 11.3 Å². The maximum absolute atomic E-state index is 11.4. The number of ether oxygens (including phenoxy) is 1. The monoisotopic (exact) mass is 274 g/mol. The van der Waals surface area contributed by atoms with Crippen LogP contribution >= 0.6 is 0 Å². The van der Waals surface area contributed by atoms with Crippen molar-refractivity contribution < 1.29 is 9.53 Å². The average Bonchev–Trinajstić information content (AvgIpc) is 2.39.